The number of carbonyl (C=O) groups is 1. The molecule has 1 aliphatic carbocycles. The van der Waals surface area contributed by atoms with E-state index in [1.807, 2.05) is 23.1 Å². The number of hydrogen-bond donors (Lipinski definition) is 1. The number of ether oxygens (including phenoxy) is 3. The van der Waals surface area contributed by atoms with Crippen LogP contribution >= 0.6 is 11.3 Å². The zero-order valence-electron chi connectivity index (χ0n) is 21.2. The topological polar surface area (TPSA) is 63.8 Å². The monoisotopic (exact) mass is 526 g/mol. The summed E-state index contributed by atoms with van der Waals surface area (Å²) in [5, 5.41) is 1.24. The van der Waals surface area contributed by atoms with Crippen LogP contribution in [0.5, 0.6) is 11.5 Å². The Balaban J connectivity index is 1.14. The Morgan fingerprint density at radius 2 is 2.00 bits per heavy atom. The Hall–Kier alpha value is -3.29. The van der Waals surface area contributed by atoms with Gasteiger partial charge in [0.1, 0.15) is 0 Å². The minimum Gasteiger partial charge on any atom is -0.454 e. The molecule has 2 fully saturated rings. The molecular weight excluding hydrogens is 496 g/mol. The number of H-pyrrole nitrogens is 1. The molecule has 1 amide bonds. The molecule has 8 rings (SSSR count). The lowest BCUT2D eigenvalue weighted by Gasteiger charge is -2.36. The van der Waals surface area contributed by atoms with Gasteiger partial charge in [-0.2, -0.15) is 0 Å². The van der Waals surface area contributed by atoms with Gasteiger partial charge in [0.25, 0.3) is 5.91 Å². The number of nitrogens with one attached hydrogen (secondary N) is 1. The molecule has 7 heteroatoms. The van der Waals surface area contributed by atoms with Crippen LogP contribution in [0.2, 0.25) is 0 Å². The maximum Gasteiger partial charge on any atom is 0.264 e. The molecule has 2 aromatic carbocycles. The smallest absolute Gasteiger partial charge is 0.264 e. The number of thiophene rings is 1. The Morgan fingerprint density at radius 1 is 1.08 bits per heavy atom. The van der Waals surface area contributed by atoms with Gasteiger partial charge in [-0.3, -0.25) is 4.79 Å². The van der Waals surface area contributed by atoms with E-state index in [1.165, 1.54) is 28.7 Å². The molecule has 3 atom stereocenters. The van der Waals surface area contributed by atoms with Crippen LogP contribution in [0.4, 0.5) is 0 Å². The fourth-order valence-electron chi connectivity index (χ4n) is 7.02. The molecule has 38 heavy (non-hydrogen) atoms. The first-order valence-corrected chi connectivity index (χ1v) is 14.5. The molecule has 5 heterocycles. The van der Waals surface area contributed by atoms with E-state index < -0.39 is 0 Å². The maximum atomic E-state index is 14.1. The molecule has 1 saturated heterocycles. The number of rotatable bonds is 4. The van der Waals surface area contributed by atoms with Gasteiger partial charge < -0.3 is 24.1 Å². The van der Waals surface area contributed by atoms with E-state index in [0.717, 1.165) is 71.5 Å². The van der Waals surface area contributed by atoms with Gasteiger partial charge in [-0.15, -0.1) is 11.3 Å². The number of hydrogen-bond acceptors (Lipinski definition) is 5. The lowest BCUT2D eigenvalue weighted by molar-refractivity contribution is 0.0696. The van der Waals surface area contributed by atoms with E-state index in [-0.39, 0.29) is 18.7 Å². The van der Waals surface area contributed by atoms with Crippen molar-refractivity contribution >= 4 is 28.1 Å². The van der Waals surface area contributed by atoms with E-state index in [0.29, 0.717) is 12.0 Å². The molecule has 4 aliphatic rings. The van der Waals surface area contributed by atoms with Crippen molar-refractivity contribution in [2.24, 2.45) is 11.3 Å². The molecule has 3 unspecified atom stereocenters. The summed E-state index contributed by atoms with van der Waals surface area (Å²) in [5.41, 5.74) is 4.93. The third kappa shape index (κ3) is 3.59. The first kappa shape index (κ1) is 22.7. The summed E-state index contributed by atoms with van der Waals surface area (Å²) in [5.74, 6) is 2.37. The highest BCUT2D eigenvalue weighted by atomic mass is 32.1. The Labute approximate surface area is 225 Å². The van der Waals surface area contributed by atoms with Gasteiger partial charge in [-0.25, -0.2) is 0 Å². The predicted octanol–water partition coefficient (Wildman–Crippen LogP) is 6.11. The minimum atomic E-state index is -0.218. The molecule has 0 radical (unpaired) electrons. The number of fused-ring (bicyclic) bond motifs is 5. The molecule has 0 spiro atoms. The van der Waals surface area contributed by atoms with Crippen LogP contribution in [-0.2, 0) is 17.6 Å². The third-order valence-electron chi connectivity index (χ3n) is 9.12. The van der Waals surface area contributed by atoms with Crippen LogP contribution < -0.4 is 9.47 Å². The number of amides is 1. The molecule has 2 aromatic heterocycles. The summed E-state index contributed by atoms with van der Waals surface area (Å²) in [6, 6.07) is 18.5. The first-order chi connectivity index (χ1) is 18.7. The average Bonchev–Trinajstić information content (AvgIpc) is 3.28. The van der Waals surface area contributed by atoms with Crippen LogP contribution in [0.3, 0.4) is 0 Å². The summed E-state index contributed by atoms with van der Waals surface area (Å²) in [4.78, 5) is 22.0. The lowest BCUT2D eigenvalue weighted by Crippen LogP contribution is -2.40. The van der Waals surface area contributed by atoms with Crippen molar-refractivity contribution in [3.05, 3.63) is 81.2 Å². The van der Waals surface area contributed by atoms with Gasteiger partial charge in [0.05, 0.1) is 10.9 Å². The second-order valence-corrected chi connectivity index (χ2v) is 12.4. The van der Waals surface area contributed by atoms with Crippen molar-refractivity contribution in [1.29, 1.82) is 0 Å². The van der Waals surface area contributed by atoms with E-state index in [2.05, 4.69) is 41.4 Å². The van der Waals surface area contributed by atoms with Gasteiger partial charge in [0.15, 0.2) is 11.5 Å². The molecule has 0 bridgehead atoms. The maximum absolute atomic E-state index is 14.1. The number of aromatic amines is 1. The fourth-order valence-corrected chi connectivity index (χ4v) is 8.14. The molecule has 4 aromatic rings. The summed E-state index contributed by atoms with van der Waals surface area (Å²) < 4.78 is 17.0. The average molecular weight is 527 g/mol. The van der Waals surface area contributed by atoms with Crippen molar-refractivity contribution in [1.82, 2.24) is 9.88 Å². The zero-order valence-corrected chi connectivity index (χ0v) is 22.0. The van der Waals surface area contributed by atoms with Crippen molar-refractivity contribution in [3.63, 3.8) is 0 Å². The van der Waals surface area contributed by atoms with Gasteiger partial charge in [0, 0.05) is 41.2 Å². The standard InChI is InChI=1S/C31H30N2O4S/c34-30(27-8-6-21(38-27)17-31-11-14-35-13-10-20(31)16-31)33-12-9-23-22-3-1-2-4-24(22)32-28(23)29(33)19-5-7-25-26(15-19)37-18-36-25/h1-8,15,20,29,32H,9-14,16-18H2. The van der Waals surface area contributed by atoms with E-state index in [1.54, 1.807) is 11.3 Å². The van der Waals surface area contributed by atoms with Crippen LogP contribution in [0.15, 0.2) is 54.6 Å². The second kappa shape index (κ2) is 8.61. The van der Waals surface area contributed by atoms with Crippen LogP contribution in [-0.4, -0.2) is 42.3 Å². The van der Waals surface area contributed by atoms with Gasteiger partial charge in [0.2, 0.25) is 6.79 Å². The summed E-state index contributed by atoms with van der Waals surface area (Å²) >= 11 is 1.68. The number of nitrogens with zero attached hydrogens (tertiary/aromatic N) is 1. The highest BCUT2D eigenvalue weighted by Crippen LogP contribution is 2.60. The molecule has 1 N–H and O–H groups in total. The second-order valence-electron chi connectivity index (χ2n) is 11.2. The van der Waals surface area contributed by atoms with Crippen LogP contribution in [0.25, 0.3) is 10.9 Å². The van der Waals surface area contributed by atoms with Gasteiger partial charge >= 0.3 is 0 Å². The third-order valence-corrected chi connectivity index (χ3v) is 10.2. The first-order valence-electron chi connectivity index (χ1n) is 13.6. The summed E-state index contributed by atoms with van der Waals surface area (Å²) in [7, 11) is 0. The Kier molecular flexibility index (Phi) is 5.14. The van der Waals surface area contributed by atoms with Crippen LogP contribution in [0, 0.1) is 11.3 Å². The normalized spacial score (nSPS) is 25.6. The quantitative estimate of drug-likeness (QED) is 0.349. The predicted molar refractivity (Wildman–Crippen MR) is 146 cm³/mol. The van der Waals surface area contributed by atoms with E-state index in [9.17, 15) is 4.79 Å². The summed E-state index contributed by atoms with van der Waals surface area (Å²) in [6.45, 7) is 2.66. The van der Waals surface area contributed by atoms with Crippen molar-refractivity contribution in [3.8, 4) is 11.5 Å². The van der Waals surface area contributed by atoms with Gasteiger partial charge in [-0.05, 0) is 84.9 Å². The number of carbonyl (C=O) groups excluding carboxylic acids is 1. The molecule has 1 saturated carbocycles. The van der Waals surface area contributed by atoms with Crippen molar-refractivity contribution in [2.75, 3.05) is 26.6 Å². The lowest BCUT2D eigenvalue weighted by atomic mass is 9.92. The minimum absolute atomic E-state index is 0.0993. The van der Waals surface area contributed by atoms with Gasteiger partial charge in [-0.1, -0.05) is 24.3 Å². The van der Waals surface area contributed by atoms with E-state index in [4.69, 9.17) is 14.2 Å². The Bertz CT molecular complexity index is 1560. The highest BCUT2D eigenvalue weighted by molar-refractivity contribution is 7.14. The fraction of sp³-hybridized carbons (Fsp3) is 0.387. The van der Waals surface area contributed by atoms with E-state index >= 15 is 0 Å². The number of benzene rings is 2. The summed E-state index contributed by atoms with van der Waals surface area (Å²) in [6.07, 6.45) is 5.51. The molecule has 6 nitrogen and oxygen atoms in total. The molecule has 3 aliphatic heterocycles. The molecular formula is C31H30N2O4S. The number of para-hydroxylation sites is 1. The van der Waals surface area contributed by atoms with Crippen molar-refractivity contribution in [2.45, 2.75) is 38.1 Å². The highest BCUT2D eigenvalue weighted by Gasteiger charge is 2.53. The van der Waals surface area contributed by atoms with Crippen LogP contribution in [0.1, 0.15) is 56.7 Å². The Morgan fingerprint density at radius 3 is 2.97 bits per heavy atom. The molecule has 194 valence electrons. The van der Waals surface area contributed by atoms with Crippen molar-refractivity contribution < 1.29 is 19.0 Å². The SMILES string of the molecule is O=C(c1ccc(CC23CCOCCC2C3)s1)N1CCc2c([nH]c3ccccc23)C1c1ccc2c(c1)OCO2. The number of aromatic nitrogens is 1. The zero-order chi connectivity index (χ0) is 25.3. The largest absolute Gasteiger partial charge is 0.454 e.